The van der Waals surface area contributed by atoms with Crippen molar-refractivity contribution in [3.8, 4) is 5.75 Å². The molecule has 1 heterocycles. The maximum absolute atomic E-state index is 6.24. The molecule has 20 heavy (non-hydrogen) atoms. The summed E-state index contributed by atoms with van der Waals surface area (Å²) >= 11 is 6.24. The van der Waals surface area contributed by atoms with Gasteiger partial charge in [-0.05, 0) is 41.9 Å². The van der Waals surface area contributed by atoms with Crippen LogP contribution in [0.2, 0.25) is 5.15 Å². The fraction of sp³-hybridized carbons (Fsp3) is 0.0625. The average Bonchev–Trinajstić information content (AvgIpc) is 2.46. The maximum atomic E-state index is 6.24. The lowest BCUT2D eigenvalue weighted by Gasteiger charge is -2.07. The SMILES string of the molecule is C=C/C=C(\C=C/N)c1cc2cc(OC)ccc2c(Cl)n1. The molecule has 3 nitrogen and oxygen atoms in total. The largest absolute Gasteiger partial charge is 0.497 e. The van der Waals surface area contributed by atoms with Crippen LogP contribution < -0.4 is 10.5 Å². The molecule has 1 aromatic carbocycles. The topological polar surface area (TPSA) is 48.1 Å². The van der Waals surface area contributed by atoms with Crippen molar-refractivity contribution in [2.24, 2.45) is 5.73 Å². The first-order valence-electron chi connectivity index (χ1n) is 6.05. The molecule has 0 unspecified atom stereocenters. The van der Waals surface area contributed by atoms with Crippen LogP contribution in [-0.2, 0) is 0 Å². The van der Waals surface area contributed by atoms with E-state index in [1.54, 1.807) is 19.3 Å². The van der Waals surface area contributed by atoms with Crippen LogP contribution in [0.3, 0.4) is 0 Å². The third kappa shape index (κ3) is 2.83. The highest BCUT2D eigenvalue weighted by Gasteiger charge is 2.07. The van der Waals surface area contributed by atoms with Gasteiger partial charge < -0.3 is 10.5 Å². The van der Waals surface area contributed by atoms with E-state index in [0.717, 1.165) is 27.8 Å². The number of methoxy groups -OCH3 is 1. The lowest BCUT2D eigenvalue weighted by atomic mass is 10.1. The first-order valence-corrected chi connectivity index (χ1v) is 6.43. The van der Waals surface area contributed by atoms with Gasteiger partial charge in [0.2, 0.25) is 0 Å². The number of nitrogens with zero attached hydrogens (tertiary/aromatic N) is 1. The van der Waals surface area contributed by atoms with Crippen molar-refractivity contribution in [3.63, 3.8) is 0 Å². The first-order chi connectivity index (χ1) is 9.69. The molecule has 2 N–H and O–H groups in total. The quantitative estimate of drug-likeness (QED) is 0.684. The molecule has 0 amide bonds. The van der Waals surface area contributed by atoms with Crippen molar-refractivity contribution < 1.29 is 4.74 Å². The Labute approximate surface area is 123 Å². The Kier molecular flexibility index (Phi) is 4.43. The van der Waals surface area contributed by atoms with E-state index in [4.69, 9.17) is 22.1 Å². The van der Waals surface area contributed by atoms with E-state index in [-0.39, 0.29) is 0 Å². The Morgan fingerprint density at radius 3 is 2.85 bits per heavy atom. The van der Waals surface area contributed by atoms with Crippen LogP contribution >= 0.6 is 11.6 Å². The minimum Gasteiger partial charge on any atom is -0.497 e. The summed E-state index contributed by atoms with van der Waals surface area (Å²) in [7, 11) is 1.63. The highest BCUT2D eigenvalue weighted by atomic mass is 35.5. The second kappa shape index (κ2) is 6.26. The molecule has 0 atom stereocenters. The molecule has 2 rings (SSSR count). The number of pyridine rings is 1. The van der Waals surface area contributed by atoms with Crippen molar-refractivity contribution >= 4 is 27.9 Å². The summed E-state index contributed by atoms with van der Waals surface area (Å²) in [5, 5.41) is 2.28. The number of nitrogens with two attached hydrogens (primary N) is 1. The van der Waals surface area contributed by atoms with Crippen LogP contribution in [0, 0.1) is 0 Å². The number of fused-ring (bicyclic) bond motifs is 1. The number of ether oxygens (including phenoxy) is 1. The molecular weight excluding hydrogens is 272 g/mol. The van der Waals surface area contributed by atoms with Gasteiger partial charge in [-0.3, -0.25) is 0 Å². The van der Waals surface area contributed by atoms with Gasteiger partial charge in [-0.2, -0.15) is 0 Å². The number of benzene rings is 1. The first kappa shape index (κ1) is 14.2. The summed E-state index contributed by atoms with van der Waals surface area (Å²) in [6.45, 7) is 3.69. The van der Waals surface area contributed by atoms with Crippen LogP contribution in [-0.4, -0.2) is 12.1 Å². The standard InChI is InChI=1S/C16H15ClN2O/c1-3-4-11(7-8-18)15-10-12-9-13(20-2)5-6-14(12)16(17)19-15/h3-10H,1,18H2,2H3/b8-7-,11-4+. The molecule has 2 aromatic rings. The number of aromatic nitrogens is 1. The van der Waals surface area contributed by atoms with Crippen LogP contribution in [0.25, 0.3) is 16.3 Å². The number of allylic oxidation sites excluding steroid dienone is 4. The van der Waals surface area contributed by atoms with Crippen LogP contribution in [0.4, 0.5) is 0 Å². The number of hydrogen-bond acceptors (Lipinski definition) is 3. The van der Waals surface area contributed by atoms with E-state index in [1.165, 1.54) is 6.20 Å². The molecule has 0 radical (unpaired) electrons. The minimum atomic E-state index is 0.445. The smallest absolute Gasteiger partial charge is 0.137 e. The predicted octanol–water partition coefficient (Wildman–Crippen LogP) is 3.94. The molecule has 0 bridgehead atoms. The van der Waals surface area contributed by atoms with Gasteiger partial charge in [-0.1, -0.05) is 30.3 Å². The van der Waals surface area contributed by atoms with Gasteiger partial charge in [0.1, 0.15) is 10.9 Å². The van der Waals surface area contributed by atoms with Gasteiger partial charge in [0.05, 0.1) is 12.8 Å². The molecule has 0 aliphatic rings. The van der Waals surface area contributed by atoms with Crippen LogP contribution in [0.15, 0.2) is 55.3 Å². The van der Waals surface area contributed by atoms with Gasteiger partial charge >= 0.3 is 0 Å². The summed E-state index contributed by atoms with van der Waals surface area (Å²) in [6.07, 6.45) is 6.72. The molecule has 0 aliphatic carbocycles. The second-order valence-electron chi connectivity index (χ2n) is 4.10. The molecule has 0 saturated carbocycles. The molecule has 0 fully saturated rings. The third-order valence-electron chi connectivity index (χ3n) is 2.86. The van der Waals surface area contributed by atoms with Crippen molar-refractivity contribution in [2.75, 3.05) is 7.11 Å². The highest BCUT2D eigenvalue weighted by Crippen LogP contribution is 2.28. The summed E-state index contributed by atoms with van der Waals surface area (Å²) in [5.74, 6) is 0.773. The van der Waals surface area contributed by atoms with Crippen molar-refractivity contribution in [1.82, 2.24) is 4.98 Å². The molecule has 0 spiro atoms. The second-order valence-corrected chi connectivity index (χ2v) is 4.46. The van der Waals surface area contributed by atoms with Crippen molar-refractivity contribution in [3.05, 3.63) is 66.1 Å². The Hall–Kier alpha value is -2.26. The Morgan fingerprint density at radius 2 is 2.20 bits per heavy atom. The monoisotopic (exact) mass is 286 g/mol. The Balaban J connectivity index is 2.66. The fourth-order valence-electron chi connectivity index (χ4n) is 1.93. The molecule has 1 aromatic heterocycles. The zero-order valence-electron chi connectivity index (χ0n) is 11.1. The molecule has 0 saturated heterocycles. The van der Waals surface area contributed by atoms with E-state index in [2.05, 4.69) is 11.6 Å². The lowest BCUT2D eigenvalue weighted by Crippen LogP contribution is -1.91. The number of rotatable bonds is 4. The third-order valence-corrected chi connectivity index (χ3v) is 3.15. The molecular formula is C16H15ClN2O. The van der Waals surface area contributed by atoms with Crippen molar-refractivity contribution in [2.45, 2.75) is 0 Å². The zero-order valence-corrected chi connectivity index (χ0v) is 11.9. The Morgan fingerprint density at radius 1 is 1.40 bits per heavy atom. The normalized spacial score (nSPS) is 12.0. The van der Waals surface area contributed by atoms with Crippen LogP contribution in [0.1, 0.15) is 5.69 Å². The predicted molar refractivity (Wildman–Crippen MR) is 84.8 cm³/mol. The summed E-state index contributed by atoms with van der Waals surface area (Å²) in [5.41, 5.74) is 7.03. The van der Waals surface area contributed by atoms with Gasteiger partial charge in [-0.15, -0.1) is 0 Å². The summed E-state index contributed by atoms with van der Waals surface area (Å²) in [4.78, 5) is 4.40. The van der Waals surface area contributed by atoms with E-state index in [9.17, 15) is 0 Å². The van der Waals surface area contributed by atoms with Gasteiger partial charge in [0, 0.05) is 11.0 Å². The van der Waals surface area contributed by atoms with E-state index < -0.39 is 0 Å². The summed E-state index contributed by atoms with van der Waals surface area (Å²) < 4.78 is 5.23. The molecule has 4 heteroatoms. The number of hydrogen-bond donors (Lipinski definition) is 1. The molecule has 0 aliphatic heterocycles. The lowest BCUT2D eigenvalue weighted by molar-refractivity contribution is 0.415. The van der Waals surface area contributed by atoms with Gasteiger partial charge in [-0.25, -0.2) is 4.98 Å². The fourth-order valence-corrected chi connectivity index (χ4v) is 2.19. The summed E-state index contributed by atoms with van der Waals surface area (Å²) in [6, 6.07) is 7.61. The average molecular weight is 287 g/mol. The Bertz CT molecular complexity index is 705. The number of halogens is 1. The molecule has 102 valence electrons. The van der Waals surface area contributed by atoms with E-state index >= 15 is 0 Å². The maximum Gasteiger partial charge on any atom is 0.137 e. The zero-order chi connectivity index (χ0) is 14.5. The minimum absolute atomic E-state index is 0.445. The van der Waals surface area contributed by atoms with E-state index in [1.807, 2.05) is 30.3 Å². The van der Waals surface area contributed by atoms with Crippen molar-refractivity contribution in [1.29, 1.82) is 0 Å². The van der Waals surface area contributed by atoms with Gasteiger partial charge in [0.15, 0.2) is 0 Å². The highest BCUT2D eigenvalue weighted by molar-refractivity contribution is 6.34. The van der Waals surface area contributed by atoms with Gasteiger partial charge in [0.25, 0.3) is 0 Å². The van der Waals surface area contributed by atoms with Crippen LogP contribution in [0.5, 0.6) is 5.75 Å². The van der Waals surface area contributed by atoms with E-state index in [0.29, 0.717) is 5.15 Å².